The van der Waals surface area contributed by atoms with Crippen LogP contribution in [0.25, 0.3) is 0 Å². The van der Waals surface area contributed by atoms with Crippen LogP contribution in [0, 0.1) is 11.3 Å². The van der Waals surface area contributed by atoms with Crippen molar-refractivity contribution in [3.8, 4) is 0 Å². The highest BCUT2D eigenvalue weighted by Crippen LogP contribution is 2.50. The zero-order valence-electron chi connectivity index (χ0n) is 8.02. The van der Waals surface area contributed by atoms with E-state index in [9.17, 15) is 0 Å². The third-order valence-electron chi connectivity index (χ3n) is 4.05. The Morgan fingerprint density at radius 2 is 1.83 bits per heavy atom. The minimum Gasteiger partial charge on any atom is -0.330 e. The molecule has 1 heteroatoms. The molecule has 0 heterocycles. The van der Waals surface area contributed by atoms with Crippen LogP contribution in [0.1, 0.15) is 51.4 Å². The molecule has 0 saturated heterocycles. The summed E-state index contributed by atoms with van der Waals surface area (Å²) in [7, 11) is 0. The first-order valence-electron chi connectivity index (χ1n) is 5.55. The molecule has 0 radical (unpaired) electrons. The molecule has 1 unspecified atom stereocenters. The van der Waals surface area contributed by atoms with Crippen LogP contribution in [0.15, 0.2) is 0 Å². The third kappa shape index (κ3) is 1.52. The van der Waals surface area contributed by atoms with Crippen LogP contribution < -0.4 is 5.73 Å². The van der Waals surface area contributed by atoms with Crippen LogP contribution in [0.2, 0.25) is 0 Å². The Balaban J connectivity index is 1.94. The summed E-state index contributed by atoms with van der Waals surface area (Å²) in [4.78, 5) is 0. The van der Waals surface area contributed by atoms with Gasteiger partial charge in [-0.3, -0.25) is 0 Å². The SMILES string of the molecule is NCC1CCC2(CCCCC2)C1. The molecule has 1 atom stereocenters. The maximum Gasteiger partial charge on any atom is -0.00487 e. The maximum absolute atomic E-state index is 5.72. The topological polar surface area (TPSA) is 26.0 Å². The van der Waals surface area contributed by atoms with Gasteiger partial charge in [-0.2, -0.15) is 0 Å². The second kappa shape index (κ2) is 3.37. The van der Waals surface area contributed by atoms with Gasteiger partial charge in [-0.1, -0.05) is 19.3 Å². The number of hydrogen-bond acceptors (Lipinski definition) is 1. The highest BCUT2D eigenvalue weighted by atomic mass is 14.6. The molecule has 0 aromatic heterocycles. The van der Waals surface area contributed by atoms with Crippen molar-refractivity contribution < 1.29 is 0 Å². The fourth-order valence-electron chi connectivity index (χ4n) is 3.28. The minimum absolute atomic E-state index is 0.766. The monoisotopic (exact) mass is 167 g/mol. The average Bonchev–Trinajstić information content (AvgIpc) is 2.50. The molecule has 2 aliphatic rings. The Morgan fingerprint density at radius 1 is 1.08 bits per heavy atom. The van der Waals surface area contributed by atoms with Gasteiger partial charge in [0.15, 0.2) is 0 Å². The van der Waals surface area contributed by atoms with Gasteiger partial charge in [0.1, 0.15) is 0 Å². The van der Waals surface area contributed by atoms with Crippen LogP contribution in [0.4, 0.5) is 0 Å². The molecule has 12 heavy (non-hydrogen) atoms. The summed E-state index contributed by atoms with van der Waals surface area (Å²) in [5.41, 5.74) is 6.49. The molecular weight excluding hydrogens is 146 g/mol. The lowest BCUT2D eigenvalue weighted by atomic mass is 9.72. The van der Waals surface area contributed by atoms with Gasteiger partial charge in [-0.15, -0.1) is 0 Å². The molecule has 2 fully saturated rings. The minimum atomic E-state index is 0.766. The zero-order chi connectivity index (χ0) is 8.44. The van der Waals surface area contributed by atoms with Crippen molar-refractivity contribution in [1.29, 1.82) is 0 Å². The fraction of sp³-hybridized carbons (Fsp3) is 1.00. The van der Waals surface area contributed by atoms with Crippen LogP contribution in [-0.4, -0.2) is 6.54 Å². The van der Waals surface area contributed by atoms with Crippen molar-refractivity contribution in [2.45, 2.75) is 51.4 Å². The van der Waals surface area contributed by atoms with Crippen molar-refractivity contribution in [1.82, 2.24) is 0 Å². The molecule has 0 amide bonds. The molecule has 0 bridgehead atoms. The van der Waals surface area contributed by atoms with Gasteiger partial charge in [0.25, 0.3) is 0 Å². The van der Waals surface area contributed by atoms with E-state index in [0.717, 1.165) is 17.9 Å². The second-order valence-electron chi connectivity index (χ2n) is 4.91. The van der Waals surface area contributed by atoms with Gasteiger partial charge in [0, 0.05) is 0 Å². The summed E-state index contributed by atoms with van der Waals surface area (Å²) >= 11 is 0. The van der Waals surface area contributed by atoms with Crippen molar-refractivity contribution >= 4 is 0 Å². The first-order chi connectivity index (χ1) is 5.85. The lowest BCUT2D eigenvalue weighted by Gasteiger charge is -2.33. The summed E-state index contributed by atoms with van der Waals surface area (Å²) in [6, 6.07) is 0. The van der Waals surface area contributed by atoms with Gasteiger partial charge in [-0.25, -0.2) is 0 Å². The summed E-state index contributed by atoms with van der Waals surface area (Å²) in [5.74, 6) is 0.864. The van der Waals surface area contributed by atoms with Crippen molar-refractivity contribution in [2.24, 2.45) is 17.1 Å². The Hall–Kier alpha value is -0.0400. The molecule has 1 spiro atoms. The first kappa shape index (κ1) is 8.55. The molecule has 2 aliphatic carbocycles. The Kier molecular flexibility index (Phi) is 2.40. The molecule has 2 saturated carbocycles. The van der Waals surface area contributed by atoms with E-state index in [1.807, 2.05) is 0 Å². The molecule has 70 valence electrons. The van der Waals surface area contributed by atoms with Crippen molar-refractivity contribution in [3.05, 3.63) is 0 Å². The summed E-state index contributed by atoms with van der Waals surface area (Å²) in [6.45, 7) is 0.932. The molecular formula is C11H21N. The molecule has 0 aliphatic heterocycles. The van der Waals surface area contributed by atoms with E-state index in [2.05, 4.69) is 0 Å². The first-order valence-corrected chi connectivity index (χ1v) is 5.55. The van der Waals surface area contributed by atoms with Gasteiger partial charge in [0.2, 0.25) is 0 Å². The van der Waals surface area contributed by atoms with Gasteiger partial charge in [0.05, 0.1) is 0 Å². The van der Waals surface area contributed by atoms with Gasteiger partial charge < -0.3 is 5.73 Å². The van der Waals surface area contributed by atoms with Crippen molar-refractivity contribution in [2.75, 3.05) is 6.54 Å². The quantitative estimate of drug-likeness (QED) is 0.638. The second-order valence-corrected chi connectivity index (χ2v) is 4.91. The van der Waals surface area contributed by atoms with Crippen LogP contribution in [-0.2, 0) is 0 Å². The van der Waals surface area contributed by atoms with Crippen molar-refractivity contribution in [3.63, 3.8) is 0 Å². The average molecular weight is 167 g/mol. The standard InChI is InChI=1S/C11H21N/c12-9-10-4-7-11(8-10)5-2-1-3-6-11/h10H,1-9,12H2. The number of rotatable bonds is 1. The fourth-order valence-corrected chi connectivity index (χ4v) is 3.28. The van der Waals surface area contributed by atoms with E-state index in [-0.39, 0.29) is 0 Å². The predicted molar refractivity (Wildman–Crippen MR) is 51.9 cm³/mol. The Morgan fingerprint density at radius 3 is 2.42 bits per heavy atom. The molecule has 1 nitrogen and oxygen atoms in total. The lowest BCUT2D eigenvalue weighted by molar-refractivity contribution is 0.190. The summed E-state index contributed by atoms with van der Waals surface area (Å²) in [6.07, 6.45) is 11.8. The summed E-state index contributed by atoms with van der Waals surface area (Å²) < 4.78 is 0. The van der Waals surface area contributed by atoms with Crippen LogP contribution in [0.5, 0.6) is 0 Å². The Labute approximate surface area is 75.7 Å². The normalized spacial score (nSPS) is 34.2. The van der Waals surface area contributed by atoms with Gasteiger partial charge >= 0.3 is 0 Å². The van der Waals surface area contributed by atoms with E-state index in [1.54, 1.807) is 0 Å². The highest BCUT2D eigenvalue weighted by Gasteiger charge is 2.38. The molecule has 2 rings (SSSR count). The van der Waals surface area contributed by atoms with Crippen LogP contribution in [0.3, 0.4) is 0 Å². The van der Waals surface area contributed by atoms with E-state index in [4.69, 9.17) is 5.73 Å². The van der Waals surface area contributed by atoms with E-state index < -0.39 is 0 Å². The number of hydrogen-bond donors (Lipinski definition) is 1. The molecule has 0 aromatic carbocycles. The third-order valence-corrected chi connectivity index (χ3v) is 4.05. The Bertz CT molecular complexity index is 147. The van der Waals surface area contributed by atoms with E-state index >= 15 is 0 Å². The van der Waals surface area contributed by atoms with E-state index in [0.29, 0.717) is 0 Å². The largest absolute Gasteiger partial charge is 0.330 e. The zero-order valence-corrected chi connectivity index (χ0v) is 8.02. The summed E-state index contributed by atoms with van der Waals surface area (Å²) in [5, 5.41) is 0. The highest BCUT2D eigenvalue weighted by molar-refractivity contribution is 4.91. The van der Waals surface area contributed by atoms with Crippen LogP contribution >= 0.6 is 0 Å². The van der Waals surface area contributed by atoms with Gasteiger partial charge in [-0.05, 0) is 50.0 Å². The smallest absolute Gasteiger partial charge is 0.00487 e. The maximum atomic E-state index is 5.72. The lowest BCUT2D eigenvalue weighted by Crippen LogP contribution is -2.21. The predicted octanol–water partition coefficient (Wildman–Crippen LogP) is 2.70. The molecule has 0 aromatic rings. The number of nitrogens with two attached hydrogens (primary N) is 1. The van der Waals surface area contributed by atoms with E-state index in [1.165, 1.54) is 51.4 Å². The molecule has 2 N–H and O–H groups in total.